The molecule has 0 aromatic carbocycles. The van der Waals surface area contributed by atoms with Crippen LogP contribution in [0.1, 0.15) is 85.0 Å². The second kappa shape index (κ2) is 17.0. The molecule has 0 unspecified atom stereocenters. The molecular formula is C18H40INO. The van der Waals surface area contributed by atoms with Crippen molar-refractivity contribution in [1.82, 2.24) is 0 Å². The summed E-state index contributed by atoms with van der Waals surface area (Å²) in [6.07, 6.45) is 13.3. The van der Waals surface area contributed by atoms with Crippen LogP contribution in [0.25, 0.3) is 0 Å². The van der Waals surface area contributed by atoms with Gasteiger partial charge in [0.25, 0.3) is 0 Å². The maximum absolute atomic E-state index is 9.50. The van der Waals surface area contributed by atoms with Crippen LogP contribution in [-0.2, 0) is 0 Å². The van der Waals surface area contributed by atoms with Crippen LogP contribution in [0, 0.1) is 0 Å². The molecule has 0 aliphatic rings. The van der Waals surface area contributed by atoms with E-state index >= 15 is 0 Å². The summed E-state index contributed by atoms with van der Waals surface area (Å²) in [5.74, 6) is 0. The highest BCUT2D eigenvalue weighted by molar-refractivity contribution is 4.51. The van der Waals surface area contributed by atoms with Gasteiger partial charge in [0.15, 0.2) is 0 Å². The molecule has 21 heavy (non-hydrogen) atoms. The molecule has 0 aliphatic carbocycles. The lowest BCUT2D eigenvalue weighted by Crippen LogP contribution is -3.00. The average molecular weight is 413 g/mol. The van der Waals surface area contributed by atoms with E-state index in [0.717, 1.165) is 6.54 Å². The van der Waals surface area contributed by atoms with Crippen molar-refractivity contribution in [3.05, 3.63) is 0 Å². The summed E-state index contributed by atoms with van der Waals surface area (Å²) in [6, 6.07) is 0. The first-order valence-corrected chi connectivity index (χ1v) is 9.20. The number of halogens is 1. The van der Waals surface area contributed by atoms with Crippen LogP contribution in [0.3, 0.4) is 0 Å². The number of hydrogen-bond acceptors (Lipinski definition) is 1. The molecule has 0 aliphatic heterocycles. The monoisotopic (exact) mass is 413 g/mol. The standard InChI is InChI=1S/C18H40NO.HI/c1-4-7-10-13-16-19(17-18-20,14-11-8-5-2)15-12-9-6-3;/h20H,4-18H2,1-3H3;1H/q+1;/p-1. The third-order valence-corrected chi connectivity index (χ3v) is 4.53. The van der Waals surface area contributed by atoms with E-state index in [1.54, 1.807) is 0 Å². The molecule has 0 amide bonds. The number of quaternary nitrogens is 1. The Morgan fingerprint density at radius 2 is 0.952 bits per heavy atom. The Kier molecular flexibility index (Phi) is 19.4. The predicted molar refractivity (Wildman–Crippen MR) is 90.0 cm³/mol. The number of unbranched alkanes of at least 4 members (excludes halogenated alkanes) is 7. The minimum absolute atomic E-state index is 0. The first-order chi connectivity index (χ1) is 9.74. The van der Waals surface area contributed by atoms with Gasteiger partial charge in [0.05, 0.1) is 26.2 Å². The molecule has 2 nitrogen and oxygen atoms in total. The highest BCUT2D eigenvalue weighted by Crippen LogP contribution is 2.16. The van der Waals surface area contributed by atoms with Gasteiger partial charge in [-0.05, 0) is 38.5 Å². The lowest BCUT2D eigenvalue weighted by Gasteiger charge is -2.39. The summed E-state index contributed by atoms with van der Waals surface area (Å²) in [5.41, 5.74) is 0. The van der Waals surface area contributed by atoms with Gasteiger partial charge in [-0.15, -0.1) is 0 Å². The van der Waals surface area contributed by atoms with Gasteiger partial charge >= 0.3 is 0 Å². The van der Waals surface area contributed by atoms with Gasteiger partial charge in [0, 0.05) is 0 Å². The van der Waals surface area contributed by atoms with Crippen molar-refractivity contribution in [1.29, 1.82) is 0 Å². The van der Waals surface area contributed by atoms with Gasteiger partial charge in [-0.25, -0.2) is 0 Å². The van der Waals surface area contributed by atoms with E-state index in [1.807, 2.05) is 0 Å². The number of nitrogens with zero attached hydrogens (tertiary/aromatic N) is 1. The smallest absolute Gasteiger partial charge is 0.102 e. The molecule has 0 fully saturated rings. The van der Waals surface area contributed by atoms with Crippen LogP contribution in [0.4, 0.5) is 0 Å². The normalized spacial score (nSPS) is 11.4. The van der Waals surface area contributed by atoms with E-state index in [2.05, 4.69) is 20.8 Å². The summed E-state index contributed by atoms with van der Waals surface area (Å²) in [5, 5.41) is 9.50. The summed E-state index contributed by atoms with van der Waals surface area (Å²) in [4.78, 5) is 0. The molecule has 0 bridgehead atoms. The summed E-state index contributed by atoms with van der Waals surface area (Å²) in [7, 11) is 0. The van der Waals surface area contributed by atoms with Crippen molar-refractivity contribution >= 4 is 0 Å². The van der Waals surface area contributed by atoms with Crippen molar-refractivity contribution in [2.75, 3.05) is 32.8 Å². The van der Waals surface area contributed by atoms with Crippen LogP contribution in [0.5, 0.6) is 0 Å². The quantitative estimate of drug-likeness (QED) is 0.247. The SMILES string of the molecule is CCCCCC[N+](CCO)(CCCCC)CCCCC.[I-]. The molecule has 1 N–H and O–H groups in total. The van der Waals surface area contributed by atoms with Gasteiger partial charge in [0.2, 0.25) is 0 Å². The Balaban J connectivity index is 0. The van der Waals surface area contributed by atoms with Crippen LogP contribution in [-0.4, -0.2) is 42.4 Å². The van der Waals surface area contributed by atoms with Crippen molar-refractivity contribution in [2.45, 2.75) is 85.0 Å². The molecule has 0 saturated carbocycles. The van der Waals surface area contributed by atoms with Crippen molar-refractivity contribution in [3.8, 4) is 0 Å². The largest absolute Gasteiger partial charge is 1.00 e. The van der Waals surface area contributed by atoms with E-state index < -0.39 is 0 Å². The fraction of sp³-hybridized carbons (Fsp3) is 1.00. The molecule has 0 atom stereocenters. The Bertz CT molecular complexity index is 190. The van der Waals surface area contributed by atoms with Gasteiger partial charge in [0.1, 0.15) is 6.54 Å². The van der Waals surface area contributed by atoms with Crippen LogP contribution in [0.15, 0.2) is 0 Å². The molecule has 0 aromatic rings. The average Bonchev–Trinajstić information content (AvgIpc) is 2.44. The minimum atomic E-state index is 0. The zero-order valence-electron chi connectivity index (χ0n) is 14.9. The lowest BCUT2D eigenvalue weighted by molar-refractivity contribution is -0.929. The number of hydrogen-bond donors (Lipinski definition) is 1. The molecule has 0 rings (SSSR count). The zero-order chi connectivity index (χ0) is 15.1. The van der Waals surface area contributed by atoms with Gasteiger partial charge in [-0.1, -0.05) is 46.5 Å². The molecule has 0 heterocycles. The molecule has 0 aromatic heterocycles. The predicted octanol–water partition coefficient (Wildman–Crippen LogP) is 1.76. The lowest BCUT2D eigenvalue weighted by atomic mass is 10.1. The third kappa shape index (κ3) is 12.8. The molecule has 0 saturated heterocycles. The van der Waals surface area contributed by atoms with Crippen molar-refractivity contribution < 1.29 is 33.6 Å². The first kappa shape index (κ1) is 23.9. The van der Waals surface area contributed by atoms with Crippen molar-refractivity contribution in [2.24, 2.45) is 0 Å². The van der Waals surface area contributed by atoms with E-state index in [0.29, 0.717) is 6.61 Å². The van der Waals surface area contributed by atoms with E-state index in [4.69, 9.17) is 0 Å². The molecule has 0 radical (unpaired) electrons. The molecule has 0 spiro atoms. The van der Waals surface area contributed by atoms with Crippen LogP contribution in [0.2, 0.25) is 0 Å². The number of rotatable bonds is 15. The second-order valence-electron chi connectivity index (χ2n) is 6.43. The highest BCUT2D eigenvalue weighted by Gasteiger charge is 2.25. The summed E-state index contributed by atoms with van der Waals surface area (Å²) < 4.78 is 1.18. The van der Waals surface area contributed by atoms with Crippen LogP contribution >= 0.6 is 0 Å². The van der Waals surface area contributed by atoms with Crippen molar-refractivity contribution in [3.63, 3.8) is 0 Å². The summed E-state index contributed by atoms with van der Waals surface area (Å²) >= 11 is 0. The maximum Gasteiger partial charge on any atom is 0.102 e. The second-order valence-corrected chi connectivity index (χ2v) is 6.43. The van der Waals surface area contributed by atoms with Crippen LogP contribution < -0.4 is 24.0 Å². The first-order valence-electron chi connectivity index (χ1n) is 9.20. The fourth-order valence-corrected chi connectivity index (χ4v) is 3.15. The highest BCUT2D eigenvalue weighted by atomic mass is 127. The van der Waals surface area contributed by atoms with E-state index in [-0.39, 0.29) is 24.0 Å². The third-order valence-electron chi connectivity index (χ3n) is 4.53. The summed E-state index contributed by atoms with van der Waals surface area (Å²) in [6.45, 7) is 12.0. The number of aliphatic hydroxyl groups excluding tert-OH is 1. The fourth-order valence-electron chi connectivity index (χ4n) is 3.15. The molecular weight excluding hydrogens is 373 g/mol. The minimum Gasteiger partial charge on any atom is -1.00 e. The molecule has 130 valence electrons. The molecule has 3 heteroatoms. The van der Waals surface area contributed by atoms with Gasteiger partial charge in [-0.3, -0.25) is 0 Å². The van der Waals surface area contributed by atoms with E-state index in [1.165, 1.54) is 88.3 Å². The zero-order valence-corrected chi connectivity index (χ0v) is 17.0. The van der Waals surface area contributed by atoms with Gasteiger partial charge in [-0.2, -0.15) is 0 Å². The van der Waals surface area contributed by atoms with E-state index in [9.17, 15) is 5.11 Å². The number of aliphatic hydroxyl groups is 1. The topological polar surface area (TPSA) is 20.2 Å². The maximum atomic E-state index is 9.50. The Morgan fingerprint density at radius 3 is 1.33 bits per heavy atom. The Morgan fingerprint density at radius 1 is 0.571 bits per heavy atom. The van der Waals surface area contributed by atoms with Gasteiger partial charge < -0.3 is 33.6 Å². The Hall–Kier alpha value is 0.650. The Labute approximate surface area is 151 Å².